The van der Waals surface area contributed by atoms with E-state index in [1.807, 2.05) is 24.3 Å². The van der Waals surface area contributed by atoms with Gasteiger partial charge in [-0.3, -0.25) is 9.59 Å². The van der Waals surface area contributed by atoms with Gasteiger partial charge < -0.3 is 15.4 Å². The summed E-state index contributed by atoms with van der Waals surface area (Å²) in [5, 5.41) is 5.87. The second kappa shape index (κ2) is 8.23. The SMILES string of the molecule is COc1ccc(C2(C(=O)Nc3ccc(NC(=O)C4CC4)nc3)CCCCC2)cc1. The lowest BCUT2D eigenvalue weighted by Crippen LogP contribution is -2.42. The van der Waals surface area contributed by atoms with Gasteiger partial charge in [0.1, 0.15) is 11.6 Å². The molecule has 6 nitrogen and oxygen atoms in total. The first-order chi connectivity index (χ1) is 14.1. The first-order valence-electron chi connectivity index (χ1n) is 10.3. The Kier molecular flexibility index (Phi) is 5.51. The number of benzene rings is 1. The Bertz CT molecular complexity index is 867. The Balaban J connectivity index is 1.49. The monoisotopic (exact) mass is 393 g/mol. The van der Waals surface area contributed by atoms with Crippen LogP contribution in [0.2, 0.25) is 0 Å². The van der Waals surface area contributed by atoms with Crippen LogP contribution in [-0.2, 0) is 15.0 Å². The van der Waals surface area contributed by atoms with Crippen LogP contribution in [0.5, 0.6) is 5.75 Å². The van der Waals surface area contributed by atoms with Gasteiger partial charge in [0.2, 0.25) is 11.8 Å². The summed E-state index contributed by atoms with van der Waals surface area (Å²) < 4.78 is 5.26. The van der Waals surface area contributed by atoms with Crippen molar-refractivity contribution in [2.24, 2.45) is 5.92 Å². The minimum absolute atomic E-state index is 0.000988. The summed E-state index contributed by atoms with van der Waals surface area (Å²) in [7, 11) is 1.64. The van der Waals surface area contributed by atoms with E-state index in [9.17, 15) is 9.59 Å². The number of carbonyl (C=O) groups excluding carboxylic acids is 2. The van der Waals surface area contributed by atoms with E-state index < -0.39 is 5.41 Å². The van der Waals surface area contributed by atoms with Crippen LogP contribution < -0.4 is 15.4 Å². The first kappa shape index (κ1) is 19.4. The topological polar surface area (TPSA) is 80.3 Å². The minimum atomic E-state index is -0.538. The summed E-state index contributed by atoms with van der Waals surface area (Å²) >= 11 is 0. The predicted octanol–water partition coefficient (Wildman–Crippen LogP) is 4.28. The average molecular weight is 393 g/mol. The van der Waals surface area contributed by atoms with E-state index in [0.29, 0.717) is 11.5 Å². The van der Waals surface area contributed by atoms with E-state index in [1.165, 1.54) is 0 Å². The summed E-state index contributed by atoms with van der Waals surface area (Å²) in [6.07, 6.45) is 8.38. The van der Waals surface area contributed by atoms with E-state index in [4.69, 9.17) is 4.74 Å². The molecule has 6 heteroatoms. The third kappa shape index (κ3) is 4.26. The molecule has 4 rings (SSSR count). The number of anilines is 2. The highest BCUT2D eigenvalue weighted by molar-refractivity contribution is 5.99. The molecule has 2 amide bonds. The molecule has 0 aliphatic heterocycles. The van der Waals surface area contributed by atoms with Gasteiger partial charge in [-0.05, 0) is 55.5 Å². The van der Waals surface area contributed by atoms with Gasteiger partial charge in [-0.25, -0.2) is 4.98 Å². The third-order valence-corrected chi connectivity index (χ3v) is 6.01. The summed E-state index contributed by atoms with van der Waals surface area (Å²) in [6.45, 7) is 0. The van der Waals surface area contributed by atoms with Crippen molar-refractivity contribution in [3.63, 3.8) is 0 Å². The van der Waals surface area contributed by atoms with Crippen molar-refractivity contribution in [2.45, 2.75) is 50.4 Å². The highest BCUT2D eigenvalue weighted by Gasteiger charge is 2.41. The number of nitrogens with zero attached hydrogens (tertiary/aromatic N) is 1. The Morgan fingerprint density at radius 1 is 1.00 bits per heavy atom. The van der Waals surface area contributed by atoms with Crippen molar-refractivity contribution in [2.75, 3.05) is 17.7 Å². The zero-order chi connectivity index (χ0) is 20.3. The number of hydrogen-bond acceptors (Lipinski definition) is 4. The maximum atomic E-state index is 13.4. The van der Waals surface area contributed by atoms with Gasteiger partial charge in [0, 0.05) is 5.92 Å². The van der Waals surface area contributed by atoms with Crippen LogP contribution in [0.1, 0.15) is 50.5 Å². The Morgan fingerprint density at radius 2 is 1.72 bits per heavy atom. The van der Waals surface area contributed by atoms with Crippen molar-refractivity contribution >= 4 is 23.3 Å². The molecule has 0 atom stereocenters. The molecule has 1 aromatic carbocycles. The van der Waals surface area contributed by atoms with Crippen molar-refractivity contribution in [3.05, 3.63) is 48.2 Å². The molecule has 2 aliphatic carbocycles. The largest absolute Gasteiger partial charge is 0.497 e. The molecule has 2 saturated carbocycles. The molecule has 2 N–H and O–H groups in total. The average Bonchev–Trinajstić information content (AvgIpc) is 3.61. The molecule has 0 saturated heterocycles. The van der Waals surface area contributed by atoms with Crippen LogP contribution >= 0.6 is 0 Å². The van der Waals surface area contributed by atoms with Gasteiger partial charge in [-0.15, -0.1) is 0 Å². The van der Waals surface area contributed by atoms with Crippen LogP contribution in [-0.4, -0.2) is 23.9 Å². The molecule has 152 valence electrons. The molecule has 2 aliphatic rings. The van der Waals surface area contributed by atoms with Gasteiger partial charge in [-0.2, -0.15) is 0 Å². The summed E-state index contributed by atoms with van der Waals surface area (Å²) in [5.41, 5.74) is 1.12. The van der Waals surface area contributed by atoms with Crippen molar-refractivity contribution < 1.29 is 14.3 Å². The molecule has 0 spiro atoms. The zero-order valence-electron chi connectivity index (χ0n) is 16.7. The van der Waals surface area contributed by atoms with E-state index in [0.717, 1.165) is 56.3 Å². The van der Waals surface area contributed by atoms with Gasteiger partial charge >= 0.3 is 0 Å². The van der Waals surface area contributed by atoms with Gasteiger partial charge in [0.05, 0.1) is 24.4 Å². The third-order valence-electron chi connectivity index (χ3n) is 6.01. The number of carbonyl (C=O) groups is 2. The molecule has 2 fully saturated rings. The van der Waals surface area contributed by atoms with E-state index in [1.54, 1.807) is 25.4 Å². The molecule has 0 bridgehead atoms. The summed E-state index contributed by atoms with van der Waals surface area (Å²) in [5.74, 6) is 1.45. The molecule has 0 radical (unpaired) electrons. The maximum Gasteiger partial charge on any atom is 0.235 e. The molecule has 2 aromatic rings. The molecular formula is C23H27N3O3. The van der Waals surface area contributed by atoms with Crippen LogP contribution in [0, 0.1) is 5.92 Å². The lowest BCUT2D eigenvalue weighted by molar-refractivity contribution is -0.122. The normalized spacial score (nSPS) is 18.0. The highest BCUT2D eigenvalue weighted by atomic mass is 16.5. The second-order valence-electron chi connectivity index (χ2n) is 8.02. The maximum absolute atomic E-state index is 13.4. The number of ether oxygens (including phenoxy) is 1. The molecule has 1 aromatic heterocycles. The molecule has 0 unspecified atom stereocenters. The lowest BCUT2D eigenvalue weighted by atomic mass is 9.68. The molecule has 1 heterocycles. The highest BCUT2D eigenvalue weighted by Crippen LogP contribution is 2.41. The number of hydrogen-bond donors (Lipinski definition) is 2. The van der Waals surface area contributed by atoms with Gasteiger partial charge in [0.25, 0.3) is 0 Å². The summed E-state index contributed by atoms with van der Waals surface area (Å²) in [6, 6.07) is 11.3. The number of rotatable bonds is 6. The smallest absolute Gasteiger partial charge is 0.235 e. The minimum Gasteiger partial charge on any atom is -0.497 e. The number of aromatic nitrogens is 1. The number of pyridine rings is 1. The fourth-order valence-electron chi connectivity index (χ4n) is 4.08. The van der Waals surface area contributed by atoms with Crippen LogP contribution in [0.4, 0.5) is 11.5 Å². The lowest BCUT2D eigenvalue weighted by Gasteiger charge is -2.36. The number of nitrogens with one attached hydrogen (secondary N) is 2. The zero-order valence-corrected chi connectivity index (χ0v) is 16.7. The fraction of sp³-hybridized carbons (Fsp3) is 0.435. The quantitative estimate of drug-likeness (QED) is 0.768. The van der Waals surface area contributed by atoms with Gasteiger partial charge in [-0.1, -0.05) is 31.4 Å². The van der Waals surface area contributed by atoms with Crippen molar-refractivity contribution in [3.8, 4) is 5.75 Å². The van der Waals surface area contributed by atoms with Gasteiger partial charge in [0.15, 0.2) is 0 Å². The van der Waals surface area contributed by atoms with Crippen molar-refractivity contribution in [1.82, 2.24) is 4.98 Å². The Hall–Kier alpha value is -2.89. The van der Waals surface area contributed by atoms with Crippen LogP contribution in [0.25, 0.3) is 0 Å². The van der Waals surface area contributed by atoms with E-state index in [2.05, 4.69) is 15.6 Å². The van der Waals surface area contributed by atoms with E-state index >= 15 is 0 Å². The molecular weight excluding hydrogens is 366 g/mol. The fourth-order valence-corrected chi connectivity index (χ4v) is 4.08. The Labute approximate surface area is 171 Å². The Morgan fingerprint density at radius 3 is 2.31 bits per heavy atom. The summed E-state index contributed by atoms with van der Waals surface area (Å²) in [4.78, 5) is 29.5. The van der Waals surface area contributed by atoms with Crippen LogP contribution in [0.15, 0.2) is 42.6 Å². The van der Waals surface area contributed by atoms with E-state index in [-0.39, 0.29) is 17.7 Å². The number of amides is 2. The molecule has 29 heavy (non-hydrogen) atoms. The van der Waals surface area contributed by atoms with Crippen molar-refractivity contribution in [1.29, 1.82) is 0 Å². The van der Waals surface area contributed by atoms with Crippen LogP contribution in [0.3, 0.4) is 0 Å². The predicted molar refractivity (Wildman–Crippen MR) is 112 cm³/mol. The number of methoxy groups -OCH3 is 1. The first-order valence-corrected chi connectivity index (χ1v) is 10.3. The standard InChI is InChI=1S/C23H27N3O3/c1-29-19-10-7-17(8-11-19)23(13-3-2-4-14-23)22(28)25-18-9-12-20(24-15-18)26-21(27)16-5-6-16/h7-12,15-16H,2-6,13-14H2,1H3,(H,25,28)(H,24,26,27). The second-order valence-corrected chi connectivity index (χ2v) is 8.02.